The largest absolute Gasteiger partial charge is 0.462 e. The van der Waals surface area contributed by atoms with Crippen LogP contribution in [0.4, 0.5) is 5.69 Å². The van der Waals surface area contributed by atoms with Crippen LogP contribution in [-0.4, -0.2) is 31.7 Å². The first-order valence-electron chi connectivity index (χ1n) is 9.74. The van der Waals surface area contributed by atoms with Crippen LogP contribution >= 0.6 is 0 Å². The third-order valence-electron chi connectivity index (χ3n) is 4.50. The molecule has 150 valence electrons. The van der Waals surface area contributed by atoms with E-state index in [-0.39, 0.29) is 6.61 Å². The number of H-pyrrole nitrogens is 1. The van der Waals surface area contributed by atoms with Gasteiger partial charge in [-0.05, 0) is 38.0 Å². The molecule has 3 aromatic rings. The molecule has 0 bridgehead atoms. The van der Waals surface area contributed by atoms with Gasteiger partial charge in [0.2, 0.25) is 5.52 Å². The number of carbonyl (C=O) groups excluding carboxylic acids is 2. The summed E-state index contributed by atoms with van der Waals surface area (Å²) in [5.74, 6) is -0.819. The van der Waals surface area contributed by atoms with Crippen LogP contribution in [0, 0.1) is 0 Å². The number of carbonyl (C=O) groups is 2. The number of hydrogen-bond acceptors (Lipinski definition) is 5. The molecule has 1 heterocycles. The molecule has 0 aliphatic heterocycles. The highest BCUT2D eigenvalue weighted by Crippen LogP contribution is 2.26. The summed E-state index contributed by atoms with van der Waals surface area (Å²) < 4.78 is 10.3. The van der Waals surface area contributed by atoms with Crippen molar-refractivity contribution in [3.05, 3.63) is 71.4 Å². The van der Waals surface area contributed by atoms with Crippen molar-refractivity contribution < 1.29 is 24.0 Å². The Morgan fingerprint density at radius 2 is 1.69 bits per heavy atom. The number of rotatable bonds is 8. The van der Waals surface area contributed by atoms with Gasteiger partial charge >= 0.3 is 11.9 Å². The fourth-order valence-corrected chi connectivity index (χ4v) is 3.12. The summed E-state index contributed by atoms with van der Waals surface area (Å²) in [6.45, 7) is 4.74. The van der Waals surface area contributed by atoms with Crippen molar-refractivity contribution in [2.75, 3.05) is 25.1 Å². The third kappa shape index (κ3) is 4.90. The van der Waals surface area contributed by atoms with Gasteiger partial charge in [-0.3, -0.25) is 0 Å². The van der Waals surface area contributed by atoms with E-state index >= 15 is 0 Å². The molecule has 0 fully saturated rings. The summed E-state index contributed by atoms with van der Waals surface area (Å²) in [7, 11) is 0. The number of nitrogens with one attached hydrogen (secondary N) is 2. The van der Waals surface area contributed by atoms with Crippen molar-refractivity contribution in [2.45, 2.75) is 20.3 Å². The van der Waals surface area contributed by atoms with Gasteiger partial charge < -0.3 is 14.8 Å². The molecule has 0 radical (unpaired) electrons. The molecule has 29 heavy (non-hydrogen) atoms. The molecule has 6 heteroatoms. The maximum Gasteiger partial charge on any atom is 0.346 e. The predicted molar refractivity (Wildman–Crippen MR) is 111 cm³/mol. The molecule has 0 unspecified atom stereocenters. The van der Waals surface area contributed by atoms with E-state index in [4.69, 9.17) is 9.47 Å². The Bertz CT molecular complexity index is 997. The molecule has 6 nitrogen and oxygen atoms in total. The first kappa shape index (κ1) is 20.3. The van der Waals surface area contributed by atoms with E-state index in [0.717, 1.165) is 17.3 Å². The highest BCUT2D eigenvalue weighted by atomic mass is 16.5. The quantitative estimate of drug-likeness (QED) is 0.591. The number of anilines is 1. The average molecular weight is 393 g/mol. The number of esters is 2. The van der Waals surface area contributed by atoms with E-state index < -0.39 is 11.9 Å². The molecule has 0 aliphatic carbocycles. The van der Waals surface area contributed by atoms with Crippen molar-refractivity contribution in [1.82, 2.24) is 0 Å². The topological polar surface area (TPSA) is 78.8 Å². The number of pyridine rings is 1. The minimum absolute atomic E-state index is 0.281. The van der Waals surface area contributed by atoms with Crippen LogP contribution in [0.3, 0.4) is 0 Å². The number of aromatic nitrogens is 1. The highest BCUT2D eigenvalue weighted by molar-refractivity contribution is 6.05. The Morgan fingerprint density at radius 3 is 2.41 bits per heavy atom. The van der Waals surface area contributed by atoms with Crippen molar-refractivity contribution in [3.8, 4) is 0 Å². The number of aromatic amines is 1. The lowest BCUT2D eigenvalue weighted by atomic mass is 10.1. The lowest BCUT2D eigenvalue weighted by molar-refractivity contribution is -0.344. The average Bonchev–Trinajstić information content (AvgIpc) is 2.74. The zero-order valence-electron chi connectivity index (χ0n) is 16.7. The van der Waals surface area contributed by atoms with E-state index in [2.05, 4.69) is 22.4 Å². The summed E-state index contributed by atoms with van der Waals surface area (Å²) in [5, 5.41) is 4.10. The Morgan fingerprint density at radius 1 is 0.966 bits per heavy atom. The van der Waals surface area contributed by atoms with Gasteiger partial charge in [0.1, 0.15) is 5.56 Å². The summed E-state index contributed by atoms with van der Waals surface area (Å²) in [6.07, 6.45) is 2.43. The van der Waals surface area contributed by atoms with Crippen LogP contribution in [0.2, 0.25) is 0 Å². The van der Waals surface area contributed by atoms with Crippen LogP contribution < -0.4 is 10.3 Å². The Balaban J connectivity index is 1.98. The van der Waals surface area contributed by atoms with Crippen LogP contribution in [0.15, 0.2) is 54.7 Å². The lowest BCUT2D eigenvalue weighted by Gasteiger charge is -2.12. The second-order valence-electron chi connectivity index (χ2n) is 6.44. The highest BCUT2D eigenvalue weighted by Gasteiger charge is 2.21. The molecule has 0 aliphatic rings. The summed E-state index contributed by atoms with van der Waals surface area (Å²) in [4.78, 5) is 27.8. The Labute approximate surface area is 169 Å². The third-order valence-corrected chi connectivity index (χ3v) is 4.50. The first-order valence-corrected chi connectivity index (χ1v) is 9.74. The minimum Gasteiger partial charge on any atom is -0.462 e. The fraction of sp³-hybridized carbons (Fsp3) is 0.261. The zero-order valence-corrected chi connectivity index (χ0v) is 16.7. The van der Waals surface area contributed by atoms with Gasteiger partial charge in [0.15, 0.2) is 6.20 Å². The number of ether oxygens (including phenoxy) is 2. The second kappa shape index (κ2) is 9.68. The smallest absolute Gasteiger partial charge is 0.346 e. The molecular weight excluding hydrogens is 368 g/mol. The van der Waals surface area contributed by atoms with Gasteiger partial charge in [-0.25, -0.2) is 14.6 Å². The van der Waals surface area contributed by atoms with Crippen LogP contribution in [0.1, 0.15) is 40.1 Å². The van der Waals surface area contributed by atoms with Crippen molar-refractivity contribution in [3.63, 3.8) is 0 Å². The molecule has 0 amide bonds. The van der Waals surface area contributed by atoms with Gasteiger partial charge in [0.25, 0.3) is 0 Å². The van der Waals surface area contributed by atoms with Crippen molar-refractivity contribution in [2.24, 2.45) is 0 Å². The zero-order chi connectivity index (χ0) is 20.6. The monoisotopic (exact) mass is 393 g/mol. The molecular formula is C23H25N2O4+. The van der Waals surface area contributed by atoms with E-state index in [1.54, 1.807) is 38.2 Å². The van der Waals surface area contributed by atoms with E-state index in [1.165, 1.54) is 5.56 Å². The van der Waals surface area contributed by atoms with Crippen molar-refractivity contribution >= 4 is 28.5 Å². The first-order chi connectivity index (χ1) is 14.1. The SMILES string of the molecule is CCOC(=O)c1ccc2[nH+]cc(C(=O)OCC)c(NCCc3ccccc3)c2c1. The number of hydrogen-bond donors (Lipinski definition) is 1. The molecule has 0 spiro atoms. The molecule has 3 rings (SSSR count). The standard InChI is InChI=1S/C23H24N2O4/c1-3-28-22(26)17-10-11-20-18(14-17)21(19(15-25-20)23(27)29-4-2)24-13-12-16-8-6-5-7-9-16/h5-11,14-15H,3-4,12-13H2,1-2H3,(H,24,25)/p+1. The number of benzene rings is 2. The summed E-state index contributed by atoms with van der Waals surface area (Å²) in [5.41, 5.74) is 3.46. The van der Waals surface area contributed by atoms with E-state index in [0.29, 0.717) is 30.0 Å². The number of fused-ring (bicyclic) bond motifs is 1. The molecule has 1 aromatic heterocycles. The normalized spacial score (nSPS) is 10.6. The van der Waals surface area contributed by atoms with Crippen molar-refractivity contribution in [1.29, 1.82) is 0 Å². The molecule has 0 saturated carbocycles. The molecule has 0 saturated heterocycles. The van der Waals surface area contributed by atoms with Crippen LogP contribution in [-0.2, 0) is 15.9 Å². The van der Waals surface area contributed by atoms with E-state index in [9.17, 15) is 9.59 Å². The van der Waals surface area contributed by atoms with Gasteiger partial charge in [-0.1, -0.05) is 30.3 Å². The molecule has 0 atom stereocenters. The Kier molecular flexibility index (Phi) is 6.79. The summed E-state index contributed by atoms with van der Waals surface area (Å²) >= 11 is 0. The van der Waals surface area contributed by atoms with Crippen LogP contribution in [0.25, 0.3) is 10.9 Å². The van der Waals surface area contributed by atoms with Gasteiger partial charge in [0, 0.05) is 12.6 Å². The second-order valence-corrected chi connectivity index (χ2v) is 6.44. The maximum absolute atomic E-state index is 12.5. The van der Waals surface area contributed by atoms with E-state index in [1.807, 2.05) is 18.2 Å². The predicted octanol–water partition coefficient (Wildman–Crippen LogP) is 3.66. The maximum atomic E-state index is 12.5. The van der Waals surface area contributed by atoms with Gasteiger partial charge in [-0.15, -0.1) is 0 Å². The van der Waals surface area contributed by atoms with Gasteiger partial charge in [0.05, 0.1) is 29.9 Å². The molecule has 2 N–H and O–H groups in total. The Hall–Kier alpha value is -3.41. The fourth-order valence-electron chi connectivity index (χ4n) is 3.12. The molecule has 2 aromatic carbocycles. The summed E-state index contributed by atoms with van der Waals surface area (Å²) in [6, 6.07) is 15.3. The van der Waals surface area contributed by atoms with Crippen LogP contribution in [0.5, 0.6) is 0 Å². The van der Waals surface area contributed by atoms with Gasteiger partial charge in [-0.2, -0.15) is 0 Å². The minimum atomic E-state index is -0.422. The lowest BCUT2D eigenvalue weighted by Crippen LogP contribution is -2.17.